The molecule has 1 saturated heterocycles. The summed E-state index contributed by atoms with van der Waals surface area (Å²) in [6.45, 7) is 0. The van der Waals surface area contributed by atoms with Crippen LogP contribution in [0.2, 0.25) is 5.02 Å². The molecule has 86 valence electrons. The van der Waals surface area contributed by atoms with Crippen molar-refractivity contribution in [2.75, 3.05) is 11.5 Å². The normalized spacial score (nSPS) is 25.4. The smallest absolute Gasteiger partial charge is 0.103 e. The van der Waals surface area contributed by atoms with Crippen molar-refractivity contribution < 1.29 is 8.42 Å². The molecule has 0 aliphatic carbocycles. The van der Waals surface area contributed by atoms with Crippen LogP contribution in [0.5, 0.6) is 0 Å². The topological polar surface area (TPSA) is 34.1 Å². The van der Waals surface area contributed by atoms with Crippen LogP contribution in [-0.2, 0) is 21.6 Å². The van der Waals surface area contributed by atoms with Gasteiger partial charge in [-0.2, -0.15) is 0 Å². The van der Waals surface area contributed by atoms with Gasteiger partial charge in [0.15, 0.2) is 0 Å². The van der Waals surface area contributed by atoms with Gasteiger partial charge in [0.1, 0.15) is 4.24 Å². The Bertz CT molecular complexity index is 447. The van der Waals surface area contributed by atoms with Crippen LogP contribution in [0, 0.1) is 0 Å². The predicted molar refractivity (Wildman–Crippen MR) is 70.1 cm³/mol. The zero-order valence-electron chi connectivity index (χ0n) is 8.52. The summed E-state index contributed by atoms with van der Waals surface area (Å²) >= 11 is 5.77. The number of rotatable bonds is 1. The van der Waals surface area contributed by atoms with Crippen molar-refractivity contribution in [3.63, 3.8) is 0 Å². The van der Waals surface area contributed by atoms with E-state index in [0.717, 1.165) is 12.0 Å². The lowest BCUT2D eigenvalue weighted by atomic mass is 10.2. The van der Waals surface area contributed by atoms with Gasteiger partial charge >= 0.3 is 0 Å². The molecule has 1 fully saturated rings. The molecule has 0 radical (unpaired) electrons. The Kier molecular flexibility index (Phi) is 3.95. The summed E-state index contributed by atoms with van der Waals surface area (Å²) in [6.07, 6.45) is 2.53. The first-order chi connectivity index (χ1) is 7.66. The minimum absolute atomic E-state index is 0.550. The Labute approximate surface area is 105 Å². The fourth-order valence-corrected chi connectivity index (χ4v) is 4.84. The van der Waals surface area contributed by atoms with Gasteiger partial charge in [-0.15, -0.1) is 0 Å². The van der Waals surface area contributed by atoms with Gasteiger partial charge in [-0.1, -0.05) is 23.7 Å². The van der Waals surface area contributed by atoms with Gasteiger partial charge in [-0.25, -0.2) is 0 Å². The molecule has 2 atom stereocenters. The largest absolute Gasteiger partial charge is 0.254 e. The molecular formula is C11H11ClO2S2. The minimum atomic E-state index is -1.09. The summed E-state index contributed by atoms with van der Waals surface area (Å²) in [4.78, 5) is 0. The zero-order valence-corrected chi connectivity index (χ0v) is 10.9. The van der Waals surface area contributed by atoms with Gasteiger partial charge in [0, 0.05) is 16.5 Å². The summed E-state index contributed by atoms with van der Waals surface area (Å²) < 4.78 is 23.9. The maximum absolute atomic E-state index is 11.7. The first kappa shape index (κ1) is 12.0. The molecule has 5 heteroatoms. The number of hydrogen-bond acceptors (Lipinski definition) is 2. The van der Waals surface area contributed by atoms with Gasteiger partial charge in [-0.05, 0) is 30.2 Å². The molecule has 2 rings (SSSR count). The Morgan fingerprint density at radius 1 is 1.06 bits per heavy atom. The number of hydrogen-bond donors (Lipinski definition) is 0. The lowest BCUT2D eigenvalue weighted by molar-refractivity contribution is 0.677. The molecule has 1 aliphatic rings. The van der Waals surface area contributed by atoms with Crippen molar-refractivity contribution in [2.45, 2.75) is 6.42 Å². The Morgan fingerprint density at radius 3 is 2.19 bits per heavy atom. The summed E-state index contributed by atoms with van der Waals surface area (Å²) in [5.74, 6) is 1.23. The highest BCUT2D eigenvalue weighted by molar-refractivity contribution is 8.09. The molecule has 0 amide bonds. The van der Waals surface area contributed by atoms with Gasteiger partial charge < -0.3 is 0 Å². The van der Waals surface area contributed by atoms with E-state index in [0.29, 0.717) is 20.8 Å². The third-order valence-electron chi connectivity index (χ3n) is 2.26. The summed E-state index contributed by atoms with van der Waals surface area (Å²) in [6, 6.07) is 7.20. The van der Waals surface area contributed by atoms with Crippen molar-refractivity contribution in [3.8, 4) is 0 Å². The molecule has 0 spiro atoms. The minimum Gasteiger partial charge on any atom is -0.254 e. The molecule has 1 aromatic carbocycles. The van der Waals surface area contributed by atoms with Crippen molar-refractivity contribution in [1.82, 2.24) is 0 Å². The van der Waals surface area contributed by atoms with Crippen molar-refractivity contribution in [3.05, 3.63) is 39.1 Å². The van der Waals surface area contributed by atoms with Crippen molar-refractivity contribution in [2.24, 2.45) is 0 Å². The average Bonchev–Trinajstić information content (AvgIpc) is 2.26. The molecular weight excluding hydrogens is 264 g/mol. The van der Waals surface area contributed by atoms with E-state index < -0.39 is 21.6 Å². The van der Waals surface area contributed by atoms with E-state index in [4.69, 9.17) is 11.6 Å². The lowest BCUT2D eigenvalue weighted by Gasteiger charge is -2.12. The Morgan fingerprint density at radius 2 is 1.62 bits per heavy atom. The molecule has 0 N–H and O–H groups in total. The summed E-state index contributed by atoms with van der Waals surface area (Å²) in [7, 11) is -2.17. The highest BCUT2D eigenvalue weighted by atomic mass is 35.5. The van der Waals surface area contributed by atoms with Crippen LogP contribution >= 0.6 is 11.6 Å². The van der Waals surface area contributed by atoms with Crippen LogP contribution in [0.25, 0.3) is 6.08 Å². The highest BCUT2D eigenvalue weighted by Gasteiger charge is 2.20. The van der Waals surface area contributed by atoms with E-state index in [9.17, 15) is 8.42 Å². The summed E-state index contributed by atoms with van der Waals surface area (Å²) in [5.41, 5.74) is 0.892. The van der Waals surface area contributed by atoms with Crippen LogP contribution in [0.15, 0.2) is 28.5 Å². The van der Waals surface area contributed by atoms with Crippen LogP contribution in [-0.4, -0.2) is 19.9 Å². The van der Waals surface area contributed by atoms with Gasteiger partial charge in [0.25, 0.3) is 0 Å². The molecule has 0 bridgehead atoms. The molecule has 2 unspecified atom stereocenters. The Hall–Kier alpha value is -0.450. The van der Waals surface area contributed by atoms with E-state index in [1.165, 1.54) is 0 Å². The predicted octanol–water partition coefficient (Wildman–Crippen LogP) is 2.54. The second-order valence-electron chi connectivity index (χ2n) is 3.47. The van der Waals surface area contributed by atoms with Crippen molar-refractivity contribution in [1.29, 1.82) is 0 Å². The highest BCUT2D eigenvalue weighted by Crippen LogP contribution is 2.20. The Balaban J connectivity index is 2.31. The molecule has 0 saturated carbocycles. The van der Waals surface area contributed by atoms with Crippen LogP contribution in [0.3, 0.4) is 0 Å². The summed E-state index contributed by atoms with van der Waals surface area (Å²) in [5, 5.41) is 0.660. The SMILES string of the molecule is O=S1CCCS(=O)C1=Cc1ccc(Cl)cc1. The zero-order chi connectivity index (χ0) is 11.5. The monoisotopic (exact) mass is 274 g/mol. The van der Waals surface area contributed by atoms with Crippen LogP contribution < -0.4 is 0 Å². The standard InChI is InChI=1S/C11H11ClO2S2/c12-10-4-2-9(3-5-10)8-11-15(13)6-1-7-16(11)14/h2-5,8H,1,6-7H2. The van der Waals surface area contributed by atoms with E-state index in [2.05, 4.69) is 0 Å². The molecule has 2 nitrogen and oxygen atoms in total. The first-order valence-electron chi connectivity index (χ1n) is 4.91. The number of benzene rings is 1. The van der Waals surface area contributed by atoms with Gasteiger partial charge in [-0.3, -0.25) is 8.42 Å². The first-order valence-corrected chi connectivity index (χ1v) is 7.92. The maximum Gasteiger partial charge on any atom is 0.103 e. The third kappa shape index (κ3) is 2.81. The van der Waals surface area contributed by atoms with Crippen LogP contribution in [0.1, 0.15) is 12.0 Å². The molecule has 0 aromatic heterocycles. The second-order valence-corrected chi connectivity index (χ2v) is 7.24. The molecule has 1 aromatic rings. The third-order valence-corrected chi connectivity index (χ3v) is 6.08. The maximum atomic E-state index is 11.7. The van der Waals surface area contributed by atoms with E-state index in [1.54, 1.807) is 18.2 Å². The van der Waals surface area contributed by atoms with Gasteiger partial charge in [0.2, 0.25) is 0 Å². The van der Waals surface area contributed by atoms with E-state index >= 15 is 0 Å². The quantitative estimate of drug-likeness (QED) is 0.789. The second kappa shape index (κ2) is 5.25. The average molecular weight is 275 g/mol. The molecule has 1 aliphatic heterocycles. The molecule has 16 heavy (non-hydrogen) atoms. The van der Waals surface area contributed by atoms with Crippen LogP contribution in [0.4, 0.5) is 0 Å². The fraction of sp³-hybridized carbons (Fsp3) is 0.273. The van der Waals surface area contributed by atoms with Gasteiger partial charge in [0.05, 0.1) is 21.6 Å². The lowest BCUT2D eigenvalue weighted by Crippen LogP contribution is -2.16. The van der Waals surface area contributed by atoms with E-state index in [1.807, 2.05) is 12.1 Å². The number of halogens is 1. The fourth-order valence-electron chi connectivity index (χ4n) is 1.45. The van der Waals surface area contributed by atoms with Crippen molar-refractivity contribution >= 4 is 39.3 Å². The van der Waals surface area contributed by atoms with E-state index in [-0.39, 0.29) is 0 Å². The molecule has 1 heterocycles.